The summed E-state index contributed by atoms with van der Waals surface area (Å²) < 4.78 is 11.4. The molecule has 0 fully saturated rings. The normalized spacial score (nSPS) is 11.3. The number of nitrogen functional groups attached to an aromatic ring is 1. The van der Waals surface area contributed by atoms with Crippen molar-refractivity contribution in [1.82, 2.24) is 15.1 Å². The Kier molecular flexibility index (Phi) is 12.2. The van der Waals surface area contributed by atoms with Gasteiger partial charge in [0.15, 0.2) is 5.17 Å². The van der Waals surface area contributed by atoms with Crippen molar-refractivity contribution in [3.05, 3.63) is 18.5 Å². The summed E-state index contributed by atoms with van der Waals surface area (Å²) in [5.41, 5.74) is 3.80. The van der Waals surface area contributed by atoms with Gasteiger partial charge in [0.05, 0.1) is 0 Å². The van der Waals surface area contributed by atoms with Crippen molar-refractivity contribution >= 4 is 47.5 Å². The van der Waals surface area contributed by atoms with E-state index in [2.05, 4.69) is 15.4 Å². The number of hydrogen-bond acceptors (Lipinski definition) is 7. The minimum Gasteiger partial charge on any atom is -0.444 e. The van der Waals surface area contributed by atoms with E-state index in [-0.39, 0.29) is 23.5 Å². The molecule has 0 aliphatic rings. The lowest BCUT2D eigenvalue weighted by Crippen LogP contribution is -2.35. The molecule has 0 saturated carbocycles. The van der Waals surface area contributed by atoms with Crippen LogP contribution in [0.25, 0.3) is 0 Å². The van der Waals surface area contributed by atoms with Gasteiger partial charge in [0, 0.05) is 12.4 Å². The van der Waals surface area contributed by atoms with Crippen LogP contribution in [0, 0.1) is 5.41 Å². The molecule has 1 aromatic rings. The maximum atomic E-state index is 11.5. The van der Waals surface area contributed by atoms with E-state index in [4.69, 9.17) is 20.6 Å². The fourth-order valence-corrected chi connectivity index (χ4v) is 1.65. The summed E-state index contributed by atoms with van der Waals surface area (Å²) in [5.74, 6) is -0.0602. The van der Waals surface area contributed by atoms with E-state index in [1.54, 1.807) is 66.3 Å². The number of amidine groups is 1. The number of hydrogen-bond donors (Lipinski definition) is 3. The minimum absolute atomic E-state index is 0. The number of nitrogens with zero attached hydrogens (tertiary/aromatic N) is 3. The molecule has 12 heteroatoms. The van der Waals surface area contributed by atoms with Gasteiger partial charge in [0.2, 0.25) is 5.96 Å². The predicted octanol–water partition coefficient (Wildman–Crippen LogP) is 3.21. The third-order valence-corrected chi connectivity index (χ3v) is 2.72. The molecule has 0 aromatic carbocycles. The molecule has 0 radical (unpaired) electrons. The first-order valence-corrected chi connectivity index (χ1v) is 9.15. The molecule has 2 amide bonds. The molecule has 1 aromatic heterocycles. The summed E-state index contributed by atoms with van der Waals surface area (Å²) in [6, 6.07) is 1.71. The molecular formula is C16H29ClN6O4S. The van der Waals surface area contributed by atoms with Gasteiger partial charge in [-0.25, -0.2) is 14.3 Å². The second-order valence-electron chi connectivity index (χ2n) is 7.06. The van der Waals surface area contributed by atoms with E-state index in [0.29, 0.717) is 0 Å². The first kappa shape index (κ1) is 27.9. The van der Waals surface area contributed by atoms with Crippen LogP contribution in [0.3, 0.4) is 0 Å². The number of rotatable bonds is 0. The lowest BCUT2D eigenvalue weighted by Gasteiger charge is -2.20. The average Bonchev–Trinajstić information content (AvgIpc) is 2.97. The zero-order chi connectivity index (χ0) is 21.3. The summed E-state index contributed by atoms with van der Waals surface area (Å²) in [5, 5.41) is 13.0. The standard InChI is InChI=1S/C12H22N2O4S.C4H6N4.ClH/c1-11(2,3)17-9(15)13-8(19-7)14-10(16)18-12(4,5)6;5-4(6)8-3-1-2-7-8;/h1-7H3,(H,13,14,15,16);1-3H,(H3,5,6);1H. The van der Waals surface area contributed by atoms with Crippen molar-refractivity contribution in [1.29, 1.82) is 5.41 Å². The zero-order valence-corrected chi connectivity index (χ0v) is 18.7. The van der Waals surface area contributed by atoms with Crippen molar-refractivity contribution in [3.63, 3.8) is 0 Å². The van der Waals surface area contributed by atoms with Gasteiger partial charge in [-0.3, -0.25) is 10.7 Å². The highest BCUT2D eigenvalue weighted by Crippen LogP contribution is 2.10. The molecule has 0 atom stereocenters. The van der Waals surface area contributed by atoms with Gasteiger partial charge in [-0.1, -0.05) is 11.8 Å². The Morgan fingerprint density at radius 2 is 1.71 bits per heavy atom. The SMILES string of the molecule is CSC(=NC(=O)OC(C)(C)C)NC(=O)OC(C)(C)C.Cl.N=C(N)n1cccn1. The van der Waals surface area contributed by atoms with Gasteiger partial charge in [0.25, 0.3) is 0 Å². The number of amides is 2. The summed E-state index contributed by atoms with van der Waals surface area (Å²) in [6.45, 7) is 10.4. The van der Waals surface area contributed by atoms with E-state index < -0.39 is 23.4 Å². The van der Waals surface area contributed by atoms with Crippen molar-refractivity contribution in [2.24, 2.45) is 10.7 Å². The van der Waals surface area contributed by atoms with Crippen LogP contribution in [0.1, 0.15) is 41.5 Å². The average molecular weight is 437 g/mol. The lowest BCUT2D eigenvalue weighted by molar-refractivity contribution is 0.0564. The number of carbonyl (C=O) groups is 2. The van der Waals surface area contributed by atoms with Gasteiger partial charge in [-0.2, -0.15) is 10.1 Å². The minimum atomic E-state index is -0.757. The van der Waals surface area contributed by atoms with Crippen LogP contribution in [-0.2, 0) is 9.47 Å². The highest BCUT2D eigenvalue weighted by atomic mass is 35.5. The summed E-state index contributed by atoms with van der Waals surface area (Å²) in [4.78, 5) is 26.7. The van der Waals surface area contributed by atoms with Gasteiger partial charge in [-0.05, 0) is 53.9 Å². The molecule has 0 bridgehead atoms. The van der Waals surface area contributed by atoms with E-state index in [1.165, 1.54) is 4.68 Å². The third-order valence-electron chi connectivity index (χ3n) is 2.14. The number of aromatic nitrogens is 2. The number of thioether (sulfide) groups is 1. The fourth-order valence-electron chi connectivity index (χ4n) is 1.29. The molecule has 0 spiro atoms. The Hall–Kier alpha value is -2.27. The number of nitrogens with two attached hydrogens (primary N) is 1. The lowest BCUT2D eigenvalue weighted by atomic mass is 10.2. The summed E-state index contributed by atoms with van der Waals surface area (Å²) in [6.07, 6.45) is 3.45. The second-order valence-corrected chi connectivity index (χ2v) is 7.86. The molecule has 1 rings (SSSR count). The quantitative estimate of drug-likeness (QED) is 0.418. The van der Waals surface area contributed by atoms with E-state index in [1.807, 2.05) is 0 Å². The second kappa shape index (κ2) is 12.2. The monoisotopic (exact) mass is 436 g/mol. The number of carbonyl (C=O) groups excluding carboxylic acids is 2. The molecule has 10 nitrogen and oxygen atoms in total. The highest BCUT2D eigenvalue weighted by Gasteiger charge is 2.19. The molecule has 1 heterocycles. The Morgan fingerprint density at radius 1 is 1.18 bits per heavy atom. The van der Waals surface area contributed by atoms with Gasteiger partial charge in [-0.15, -0.1) is 12.4 Å². The van der Waals surface area contributed by atoms with Gasteiger partial charge >= 0.3 is 12.2 Å². The number of ether oxygens (including phenoxy) is 2. The maximum absolute atomic E-state index is 11.5. The molecule has 0 unspecified atom stereocenters. The van der Waals surface area contributed by atoms with Crippen molar-refractivity contribution in [2.45, 2.75) is 52.7 Å². The summed E-state index contributed by atoms with van der Waals surface area (Å²) >= 11 is 1.12. The number of aliphatic imine (C=N–C) groups is 1. The number of halogens is 1. The first-order chi connectivity index (χ1) is 12.2. The van der Waals surface area contributed by atoms with Gasteiger partial charge < -0.3 is 15.2 Å². The first-order valence-electron chi connectivity index (χ1n) is 7.93. The fraction of sp³-hybridized carbons (Fsp3) is 0.562. The molecule has 0 aliphatic carbocycles. The third kappa shape index (κ3) is 14.9. The van der Waals surface area contributed by atoms with E-state index in [0.717, 1.165) is 11.8 Å². The van der Waals surface area contributed by atoms with E-state index in [9.17, 15) is 9.59 Å². The highest BCUT2D eigenvalue weighted by molar-refractivity contribution is 8.13. The Balaban J connectivity index is 0. The van der Waals surface area contributed by atoms with Crippen LogP contribution in [0.5, 0.6) is 0 Å². The molecule has 0 aliphatic heterocycles. The zero-order valence-electron chi connectivity index (χ0n) is 17.1. The Labute approximate surface area is 175 Å². The van der Waals surface area contributed by atoms with Gasteiger partial charge in [0.1, 0.15) is 11.2 Å². The van der Waals surface area contributed by atoms with Crippen LogP contribution in [0.2, 0.25) is 0 Å². The van der Waals surface area contributed by atoms with Crippen LogP contribution < -0.4 is 11.1 Å². The molecule has 0 saturated heterocycles. The van der Waals surface area contributed by atoms with Crippen molar-refractivity contribution < 1.29 is 19.1 Å². The largest absolute Gasteiger partial charge is 0.444 e. The predicted molar refractivity (Wildman–Crippen MR) is 113 cm³/mol. The van der Waals surface area contributed by atoms with Crippen LogP contribution in [0.4, 0.5) is 9.59 Å². The molecular weight excluding hydrogens is 408 g/mol. The van der Waals surface area contributed by atoms with Crippen LogP contribution in [-0.4, -0.2) is 50.6 Å². The number of nitrogens with one attached hydrogen (secondary N) is 2. The number of alkyl carbamates (subject to hydrolysis) is 1. The van der Waals surface area contributed by atoms with Crippen molar-refractivity contribution in [3.8, 4) is 0 Å². The Bertz CT molecular complexity index is 666. The smallest absolute Gasteiger partial charge is 0.436 e. The topological polar surface area (TPSA) is 145 Å². The molecule has 4 N–H and O–H groups in total. The van der Waals surface area contributed by atoms with Crippen molar-refractivity contribution in [2.75, 3.05) is 6.26 Å². The maximum Gasteiger partial charge on any atom is 0.436 e. The molecule has 28 heavy (non-hydrogen) atoms. The van der Waals surface area contributed by atoms with E-state index >= 15 is 0 Å². The van der Waals surface area contributed by atoms with Crippen LogP contribution in [0.15, 0.2) is 23.5 Å². The molecule has 160 valence electrons. The van der Waals surface area contributed by atoms with Crippen LogP contribution >= 0.6 is 24.2 Å². The summed E-state index contributed by atoms with van der Waals surface area (Å²) in [7, 11) is 0. The Morgan fingerprint density at radius 3 is 2.04 bits per heavy atom.